The standard InChI is InChI=1S/C12H23FN2O2/c1-10(2,3)17-9(16)15-7-6-12(13,8-15)11(4,5)14/h6-8,14H2,1-5H3. The summed E-state index contributed by atoms with van der Waals surface area (Å²) in [7, 11) is 0. The van der Waals surface area contributed by atoms with Crippen molar-refractivity contribution in [2.45, 2.75) is 57.8 Å². The first-order valence-corrected chi connectivity index (χ1v) is 5.90. The molecule has 0 radical (unpaired) electrons. The Bertz CT molecular complexity index is 307. The Labute approximate surface area is 102 Å². The van der Waals surface area contributed by atoms with Gasteiger partial charge in [0.25, 0.3) is 0 Å². The van der Waals surface area contributed by atoms with Gasteiger partial charge in [-0.2, -0.15) is 0 Å². The molecule has 4 nitrogen and oxygen atoms in total. The zero-order valence-corrected chi connectivity index (χ0v) is 11.3. The van der Waals surface area contributed by atoms with Crippen LogP contribution < -0.4 is 5.73 Å². The first-order valence-electron chi connectivity index (χ1n) is 5.90. The summed E-state index contributed by atoms with van der Waals surface area (Å²) in [5.74, 6) is 0. The lowest BCUT2D eigenvalue weighted by molar-refractivity contribution is 0.0215. The molecule has 1 aliphatic rings. The second-order valence-corrected chi connectivity index (χ2v) is 6.34. The number of hydrogen-bond donors (Lipinski definition) is 1. The van der Waals surface area contributed by atoms with Crippen LogP contribution in [0.2, 0.25) is 0 Å². The Balaban J connectivity index is 2.65. The molecule has 0 aromatic carbocycles. The smallest absolute Gasteiger partial charge is 0.410 e. The molecule has 1 unspecified atom stereocenters. The van der Waals surface area contributed by atoms with Crippen molar-refractivity contribution < 1.29 is 13.9 Å². The first kappa shape index (κ1) is 14.2. The van der Waals surface area contributed by atoms with Gasteiger partial charge in [0, 0.05) is 18.5 Å². The molecule has 1 fully saturated rings. The Morgan fingerprint density at radius 1 is 1.35 bits per heavy atom. The molecule has 17 heavy (non-hydrogen) atoms. The van der Waals surface area contributed by atoms with Crippen molar-refractivity contribution in [2.24, 2.45) is 5.73 Å². The molecule has 1 atom stereocenters. The topological polar surface area (TPSA) is 55.6 Å². The summed E-state index contributed by atoms with van der Waals surface area (Å²) >= 11 is 0. The van der Waals surface area contributed by atoms with E-state index < -0.39 is 22.9 Å². The molecule has 1 rings (SSSR count). The van der Waals surface area contributed by atoms with E-state index >= 15 is 0 Å². The van der Waals surface area contributed by atoms with Gasteiger partial charge < -0.3 is 15.4 Å². The Hall–Kier alpha value is -0.840. The van der Waals surface area contributed by atoms with Crippen LogP contribution in [-0.2, 0) is 4.74 Å². The van der Waals surface area contributed by atoms with Gasteiger partial charge in [-0.3, -0.25) is 0 Å². The van der Waals surface area contributed by atoms with Crippen molar-refractivity contribution in [3.05, 3.63) is 0 Å². The maximum Gasteiger partial charge on any atom is 0.410 e. The third kappa shape index (κ3) is 3.31. The minimum Gasteiger partial charge on any atom is -0.444 e. The predicted octanol–water partition coefficient (Wildman–Crippen LogP) is 2.07. The fraction of sp³-hybridized carbons (Fsp3) is 0.917. The molecule has 5 heteroatoms. The monoisotopic (exact) mass is 246 g/mol. The quantitative estimate of drug-likeness (QED) is 0.770. The van der Waals surface area contributed by atoms with Gasteiger partial charge in [0.2, 0.25) is 0 Å². The predicted molar refractivity (Wildman–Crippen MR) is 64.5 cm³/mol. The van der Waals surface area contributed by atoms with Crippen LogP contribution in [-0.4, -0.2) is 40.9 Å². The van der Waals surface area contributed by atoms with E-state index in [0.29, 0.717) is 6.54 Å². The molecule has 0 bridgehead atoms. The van der Waals surface area contributed by atoms with E-state index in [1.807, 2.05) is 0 Å². The number of nitrogens with zero attached hydrogens (tertiary/aromatic N) is 1. The highest BCUT2D eigenvalue weighted by Crippen LogP contribution is 2.34. The maximum atomic E-state index is 14.5. The van der Waals surface area contributed by atoms with Crippen LogP contribution >= 0.6 is 0 Å². The highest BCUT2D eigenvalue weighted by molar-refractivity contribution is 5.68. The SMILES string of the molecule is CC(C)(C)OC(=O)N1CCC(F)(C(C)(C)N)C1. The lowest BCUT2D eigenvalue weighted by Gasteiger charge is -2.34. The number of amides is 1. The summed E-state index contributed by atoms with van der Waals surface area (Å²) in [6, 6.07) is 0. The number of likely N-dealkylation sites (tertiary alicyclic amines) is 1. The number of nitrogens with two attached hydrogens (primary N) is 1. The lowest BCUT2D eigenvalue weighted by Crippen LogP contribution is -2.55. The number of carbonyl (C=O) groups excluding carboxylic acids is 1. The minimum absolute atomic E-state index is 0.00537. The Morgan fingerprint density at radius 2 is 1.88 bits per heavy atom. The Morgan fingerprint density at radius 3 is 2.24 bits per heavy atom. The Kier molecular flexibility index (Phi) is 3.45. The van der Waals surface area contributed by atoms with Gasteiger partial charge in [-0.1, -0.05) is 0 Å². The van der Waals surface area contributed by atoms with E-state index in [0.717, 1.165) is 0 Å². The molecule has 0 aromatic rings. The zero-order valence-electron chi connectivity index (χ0n) is 11.3. The average molecular weight is 246 g/mol. The van der Waals surface area contributed by atoms with Crippen LogP contribution in [0, 0.1) is 0 Å². The van der Waals surface area contributed by atoms with Crippen molar-refractivity contribution in [3.8, 4) is 0 Å². The van der Waals surface area contributed by atoms with Gasteiger partial charge in [-0.05, 0) is 34.6 Å². The minimum atomic E-state index is -1.54. The van der Waals surface area contributed by atoms with Gasteiger partial charge >= 0.3 is 6.09 Å². The van der Waals surface area contributed by atoms with E-state index in [4.69, 9.17) is 10.5 Å². The van der Waals surface area contributed by atoms with Crippen molar-refractivity contribution >= 4 is 6.09 Å². The summed E-state index contributed by atoms with van der Waals surface area (Å²) < 4.78 is 19.7. The highest BCUT2D eigenvalue weighted by atomic mass is 19.1. The van der Waals surface area contributed by atoms with Crippen molar-refractivity contribution in [1.29, 1.82) is 0 Å². The number of halogens is 1. The fourth-order valence-electron chi connectivity index (χ4n) is 1.78. The van der Waals surface area contributed by atoms with Crippen molar-refractivity contribution in [1.82, 2.24) is 4.90 Å². The summed E-state index contributed by atoms with van der Waals surface area (Å²) in [5.41, 5.74) is 2.76. The third-order valence-electron chi connectivity index (χ3n) is 3.03. The van der Waals surface area contributed by atoms with E-state index in [1.54, 1.807) is 34.6 Å². The number of rotatable bonds is 1. The molecular weight excluding hydrogens is 223 g/mol. The second kappa shape index (κ2) is 4.12. The molecule has 2 N–H and O–H groups in total. The van der Waals surface area contributed by atoms with E-state index in [2.05, 4.69) is 0 Å². The van der Waals surface area contributed by atoms with Crippen LogP contribution in [0.3, 0.4) is 0 Å². The van der Waals surface area contributed by atoms with Gasteiger partial charge in [-0.15, -0.1) is 0 Å². The van der Waals surface area contributed by atoms with E-state index in [-0.39, 0.29) is 13.0 Å². The maximum absolute atomic E-state index is 14.5. The molecule has 1 saturated heterocycles. The summed E-state index contributed by atoms with van der Waals surface area (Å²) in [6.45, 7) is 9.01. The molecule has 1 aliphatic heterocycles. The largest absolute Gasteiger partial charge is 0.444 e. The van der Waals surface area contributed by atoms with E-state index in [1.165, 1.54) is 4.90 Å². The highest BCUT2D eigenvalue weighted by Gasteiger charge is 2.50. The summed E-state index contributed by atoms with van der Waals surface area (Å²) in [6.07, 6.45) is -0.211. The van der Waals surface area contributed by atoms with Crippen LogP contribution in [0.25, 0.3) is 0 Å². The summed E-state index contributed by atoms with van der Waals surface area (Å²) in [4.78, 5) is 13.2. The fourth-order valence-corrected chi connectivity index (χ4v) is 1.78. The van der Waals surface area contributed by atoms with Gasteiger partial charge in [0.15, 0.2) is 0 Å². The molecule has 0 aromatic heterocycles. The lowest BCUT2D eigenvalue weighted by atomic mass is 9.85. The first-order chi connectivity index (χ1) is 7.45. The number of alkyl halides is 1. The zero-order chi connectivity index (χ0) is 13.5. The molecule has 100 valence electrons. The van der Waals surface area contributed by atoms with Crippen LogP contribution in [0.5, 0.6) is 0 Å². The molecule has 1 heterocycles. The van der Waals surface area contributed by atoms with Crippen LogP contribution in [0.1, 0.15) is 41.0 Å². The third-order valence-corrected chi connectivity index (χ3v) is 3.03. The molecular formula is C12H23FN2O2. The molecule has 0 aliphatic carbocycles. The van der Waals surface area contributed by atoms with Crippen LogP contribution in [0.4, 0.5) is 9.18 Å². The normalized spacial score (nSPS) is 26.2. The van der Waals surface area contributed by atoms with Gasteiger partial charge in [0.05, 0.1) is 6.54 Å². The summed E-state index contributed by atoms with van der Waals surface area (Å²) in [5, 5.41) is 0. The van der Waals surface area contributed by atoms with Gasteiger partial charge in [0.1, 0.15) is 11.3 Å². The van der Waals surface area contributed by atoms with Crippen molar-refractivity contribution in [3.63, 3.8) is 0 Å². The van der Waals surface area contributed by atoms with Gasteiger partial charge in [-0.25, -0.2) is 9.18 Å². The molecule has 0 saturated carbocycles. The van der Waals surface area contributed by atoms with Crippen molar-refractivity contribution in [2.75, 3.05) is 13.1 Å². The number of hydrogen-bond acceptors (Lipinski definition) is 3. The number of carbonyl (C=O) groups is 1. The average Bonchev–Trinajstić information content (AvgIpc) is 2.44. The van der Waals surface area contributed by atoms with Crippen LogP contribution in [0.15, 0.2) is 0 Å². The second-order valence-electron chi connectivity index (χ2n) is 6.34. The molecule has 1 amide bonds. The molecule has 0 spiro atoms. The number of ether oxygens (including phenoxy) is 1. The van der Waals surface area contributed by atoms with E-state index in [9.17, 15) is 9.18 Å².